The summed E-state index contributed by atoms with van der Waals surface area (Å²) in [5.74, 6) is 0.207. The lowest BCUT2D eigenvalue weighted by Gasteiger charge is -2.10. The highest BCUT2D eigenvalue weighted by molar-refractivity contribution is 6.34. The van der Waals surface area contributed by atoms with Crippen molar-refractivity contribution in [3.05, 3.63) is 58.6 Å². The van der Waals surface area contributed by atoms with Crippen LogP contribution in [0.4, 0.5) is 5.69 Å². The first-order valence-corrected chi connectivity index (χ1v) is 9.09. The van der Waals surface area contributed by atoms with Crippen molar-refractivity contribution in [3.8, 4) is 5.75 Å². The van der Waals surface area contributed by atoms with Gasteiger partial charge < -0.3 is 15.4 Å². The van der Waals surface area contributed by atoms with Crippen LogP contribution in [0.3, 0.4) is 0 Å². The predicted molar refractivity (Wildman–Crippen MR) is 102 cm³/mol. The maximum Gasteiger partial charge on any atom is 0.255 e. The van der Waals surface area contributed by atoms with Gasteiger partial charge in [0.2, 0.25) is 0 Å². The number of ether oxygens (including phenoxy) is 1. The molecular formula is C20H21ClN2O3. The standard InChI is InChI=1S/C20H21ClN2O3/c1-2-10-26-16-5-3-4-13(11-16)19(24)23-15-8-9-17(18(21)12-15)20(25)22-14-6-7-14/h3-5,8-9,11-12,14H,2,6-7,10H2,1H3,(H,22,25)(H,23,24). The van der Waals surface area contributed by atoms with Crippen LogP contribution in [0, 0.1) is 0 Å². The van der Waals surface area contributed by atoms with Gasteiger partial charge in [0, 0.05) is 17.3 Å². The van der Waals surface area contributed by atoms with Crippen LogP contribution in [0.15, 0.2) is 42.5 Å². The topological polar surface area (TPSA) is 67.4 Å². The number of benzene rings is 2. The summed E-state index contributed by atoms with van der Waals surface area (Å²) in [7, 11) is 0. The lowest BCUT2D eigenvalue weighted by molar-refractivity contribution is 0.0950. The van der Waals surface area contributed by atoms with Crippen LogP contribution in [0.25, 0.3) is 0 Å². The Labute approximate surface area is 157 Å². The number of hydrogen-bond acceptors (Lipinski definition) is 3. The summed E-state index contributed by atoms with van der Waals surface area (Å²) >= 11 is 6.21. The Hall–Kier alpha value is -2.53. The summed E-state index contributed by atoms with van der Waals surface area (Å²) in [6, 6.07) is 12.1. The molecule has 0 aromatic heterocycles. The molecule has 0 bridgehead atoms. The minimum atomic E-state index is -0.266. The molecule has 2 aromatic carbocycles. The average molecular weight is 373 g/mol. The average Bonchev–Trinajstić information content (AvgIpc) is 3.44. The van der Waals surface area contributed by atoms with Crippen molar-refractivity contribution < 1.29 is 14.3 Å². The van der Waals surface area contributed by atoms with Crippen molar-refractivity contribution in [3.63, 3.8) is 0 Å². The summed E-state index contributed by atoms with van der Waals surface area (Å²) in [5, 5.41) is 5.99. The van der Waals surface area contributed by atoms with Crippen molar-refractivity contribution >= 4 is 29.1 Å². The Morgan fingerprint density at radius 2 is 1.96 bits per heavy atom. The third kappa shape index (κ3) is 4.76. The van der Waals surface area contributed by atoms with Crippen molar-refractivity contribution in [1.29, 1.82) is 0 Å². The summed E-state index contributed by atoms with van der Waals surface area (Å²) in [5.41, 5.74) is 1.43. The first-order chi connectivity index (χ1) is 12.6. The lowest BCUT2D eigenvalue weighted by Crippen LogP contribution is -2.25. The van der Waals surface area contributed by atoms with Crippen LogP contribution < -0.4 is 15.4 Å². The number of nitrogens with one attached hydrogen (secondary N) is 2. The number of amides is 2. The first-order valence-electron chi connectivity index (χ1n) is 8.71. The zero-order chi connectivity index (χ0) is 18.5. The zero-order valence-electron chi connectivity index (χ0n) is 14.5. The quantitative estimate of drug-likeness (QED) is 0.762. The van der Waals surface area contributed by atoms with Gasteiger partial charge in [-0.05, 0) is 55.7 Å². The van der Waals surface area contributed by atoms with Gasteiger partial charge in [0.05, 0.1) is 17.2 Å². The molecule has 1 aliphatic carbocycles. The predicted octanol–water partition coefficient (Wildman–Crippen LogP) is 4.27. The SMILES string of the molecule is CCCOc1cccc(C(=O)Nc2ccc(C(=O)NC3CC3)c(Cl)c2)c1. The molecule has 1 saturated carbocycles. The van der Waals surface area contributed by atoms with E-state index in [1.165, 1.54) is 0 Å². The summed E-state index contributed by atoms with van der Waals surface area (Å²) in [6.45, 7) is 2.62. The Morgan fingerprint density at radius 3 is 2.65 bits per heavy atom. The molecule has 5 nitrogen and oxygen atoms in total. The molecule has 6 heteroatoms. The van der Waals surface area contributed by atoms with Crippen molar-refractivity contribution in [1.82, 2.24) is 5.32 Å². The molecular weight excluding hydrogens is 352 g/mol. The fourth-order valence-electron chi connectivity index (χ4n) is 2.42. The molecule has 0 unspecified atom stereocenters. The number of anilines is 1. The van der Waals surface area contributed by atoms with E-state index in [0.29, 0.717) is 34.2 Å². The van der Waals surface area contributed by atoms with Crippen molar-refractivity contribution in [2.24, 2.45) is 0 Å². The fourth-order valence-corrected chi connectivity index (χ4v) is 2.68. The Bertz CT molecular complexity index is 818. The Balaban J connectivity index is 1.67. The van der Waals surface area contributed by atoms with Gasteiger partial charge >= 0.3 is 0 Å². The second-order valence-electron chi connectivity index (χ2n) is 6.27. The molecule has 1 aliphatic rings. The van der Waals surface area contributed by atoms with E-state index in [1.54, 1.807) is 36.4 Å². The molecule has 26 heavy (non-hydrogen) atoms. The number of carbonyl (C=O) groups is 2. The molecule has 2 aromatic rings. The van der Waals surface area contributed by atoms with Gasteiger partial charge in [-0.25, -0.2) is 0 Å². The van der Waals surface area contributed by atoms with Gasteiger partial charge in [0.1, 0.15) is 5.75 Å². The summed E-state index contributed by atoms with van der Waals surface area (Å²) in [6.07, 6.45) is 2.92. The Morgan fingerprint density at radius 1 is 1.15 bits per heavy atom. The summed E-state index contributed by atoms with van der Waals surface area (Å²) in [4.78, 5) is 24.5. The Kier molecular flexibility index (Phi) is 5.78. The number of halogens is 1. The molecule has 0 atom stereocenters. The minimum Gasteiger partial charge on any atom is -0.494 e. The van der Waals surface area contributed by atoms with Crippen LogP contribution in [-0.4, -0.2) is 24.5 Å². The molecule has 0 saturated heterocycles. The van der Waals surface area contributed by atoms with Gasteiger partial charge in [-0.15, -0.1) is 0 Å². The van der Waals surface area contributed by atoms with E-state index in [1.807, 2.05) is 13.0 Å². The van der Waals surface area contributed by atoms with Gasteiger partial charge in [0.15, 0.2) is 0 Å². The fraction of sp³-hybridized carbons (Fsp3) is 0.300. The van der Waals surface area contributed by atoms with E-state index in [0.717, 1.165) is 19.3 Å². The normalized spacial score (nSPS) is 13.2. The molecule has 136 valence electrons. The number of hydrogen-bond donors (Lipinski definition) is 2. The second kappa shape index (κ2) is 8.23. The molecule has 2 amide bonds. The first kappa shape index (κ1) is 18.3. The maximum absolute atomic E-state index is 12.4. The van der Waals surface area contributed by atoms with Crippen LogP contribution in [0.5, 0.6) is 5.75 Å². The van der Waals surface area contributed by atoms with Gasteiger partial charge in [0.25, 0.3) is 11.8 Å². The minimum absolute atomic E-state index is 0.184. The molecule has 2 N–H and O–H groups in total. The van der Waals surface area contributed by atoms with E-state index < -0.39 is 0 Å². The van der Waals surface area contributed by atoms with Crippen LogP contribution in [0.1, 0.15) is 46.9 Å². The van der Waals surface area contributed by atoms with E-state index >= 15 is 0 Å². The van der Waals surface area contributed by atoms with E-state index in [2.05, 4.69) is 10.6 Å². The van der Waals surface area contributed by atoms with E-state index in [4.69, 9.17) is 16.3 Å². The number of rotatable bonds is 7. The third-order valence-corrected chi connectivity index (χ3v) is 4.27. The summed E-state index contributed by atoms with van der Waals surface area (Å²) < 4.78 is 5.55. The van der Waals surface area contributed by atoms with Gasteiger partial charge in [-0.3, -0.25) is 9.59 Å². The van der Waals surface area contributed by atoms with Gasteiger partial charge in [-0.1, -0.05) is 24.6 Å². The highest BCUT2D eigenvalue weighted by atomic mass is 35.5. The molecule has 0 radical (unpaired) electrons. The number of carbonyl (C=O) groups excluding carboxylic acids is 2. The zero-order valence-corrected chi connectivity index (χ0v) is 15.3. The smallest absolute Gasteiger partial charge is 0.255 e. The second-order valence-corrected chi connectivity index (χ2v) is 6.68. The van der Waals surface area contributed by atoms with E-state index in [-0.39, 0.29) is 17.9 Å². The van der Waals surface area contributed by atoms with E-state index in [9.17, 15) is 9.59 Å². The van der Waals surface area contributed by atoms with Gasteiger partial charge in [-0.2, -0.15) is 0 Å². The third-order valence-electron chi connectivity index (χ3n) is 3.95. The van der Waals surface area contributed by atoms with Crippen LogP contribution in [0.2, 0.25) is 5.02 Å². The molecule has 0 aliphatic heterocycles. The highest BCUT2D eigenvalue weighted by Crippen LogP contribution is 2.24. The monoisotopic (exact) mass is 372 g/mol. The largest absolute Gasteiger partial charge is 0.494 e. The lowest BCUT2D eigenvalue weighted by atomic mass is 10.1. The molecule has 1 fully saturated rings. The molecule has 0 spiro atoms. The molecule has 0 heterocycles. The van der Waals surface area contributed by atoms with Crippen molar-refractivity contribution in [2.75, 3.05) is 11.9 Å². The van der Waals surface area contributed by atoms with Crippen LogP contribution >= 0.6 is 11.6 Å². The van der Waals surface area contributed by atoms with Crippen LogP contribution in [-0.2, 0) is 0 Å². The maximum atomic E-state index is 12.4. The highest BCUT2D eigenvalue weighted by Gasteiger charge is 2.24. The molecule has 3 rings (SSSR count). The van der Waals surface area contributed by atoms with Crippen molar-refractivity contribution in [2.45, 2.75) is 32.2 Å².